The quantitative estimate of drug-likeness (QED) is 0.706. The molecule has 1 aromatic rings. The van der Waals surface area contributed by atoms with Crippen LogP contribution in [0.25, 0.3) is 5.70 Å². The van der Waals surface area contributed by atoms with Crippen LogP contribution in [0, 0.1) is 18.8 Å². The van der Waals surface area contributed by atoms with Gasteiger partial charge < -0.3 is 10.3 Å². The third kappa shape index (κ3) is 3.66. The number of aryl methyl sites for hydroxylation is 1. The van der Waals surface area contributed by atoms with Gasteiger partial charge in [0.25, 0.3) is 0 Å². The van der Waals surface area contributed by atoms with Crippen LogP contribution in [0.1, 0.15) is 44.9 Å². The van der Waals surface area contributed by atoms with Crippen LogP contribution in [-0.4, -0.2) is 16.7 Å². The molecule has 114 valence electrons. The van der Waals surface area contributed by atoms with Gasteiger partial charge in [-0.3, -0.25) is 4.99 Å². The lowest BCUT2D eigenvalue weighted by Crippen LogP contribution is -2.28. The minimum Gasteiger partial charge on any atom is -0.382 e. The molecular formula is C18H27N3. The molecule has 3 nitrogen and oxygen atoms in total. The van der Waals surface area contributed by atoms with Gasteiger partial charge >= 0.3 is 0 Å². The highest BCUT2D eigenvalue weighted by Gasteiger charge is 2.26. The number of nitrogens with zero attached hydrogens (tertiary/aromatic N) is 1. The predicted octanol–water partition coefficient (Wildman–Crippen LogP) is 4.60. The second-order valence-corrected chi connectivity index (χ2v) is 6.35. The molecule has 1 aliphatic carbocycles. The van der Waals surface area contributed by atoms with E-state index in [1.807, 2.05) is 12.3 Å². The Balaban J connectivity index is 2.25. The standard InChI is InChI=1S/C18H27N3/c1-7-17(15-8-9-15)21-18-14(6)19-10-16(18)13(5)20-12(4)11(2)3/h7,10-12,15,19-20H,1,5,8-9H2,2-4,6H3/t12-/m0/s1. The van der Waals surface area contributed by atoms with Gasteiger partial charge in [-0.05, 0) is 38.7 Å². The van der Waals surface area contributed by atoms with Crippen molar-refractivity contribution in [3.63, 3.8) is 0 Å². The number of hydrogen-bond donors (Lipinski definition) is 2. The number of nitrogens with one attached hydrogen (secondary N) is 2. The van der Waals surface area contributed by atoms with Gasteiger partial charge in [0.1, 0.15) is 0 Å². The van der Waals surface area contributed by atoms with Crippen LogP contribution in [-0.2, 0) is 0 Å². The summed E-state index contributed by atoms with van der Waals surface area (Å²) in [4.78, 5) is 8.11. The normalized spacial score (nSPS) is 16.9. The van der Waals surface area contributed by atoms with Crippen molar-refractivity contribution in [2.45, 2.75) is 46.6 Å². The zero-order valence-corrected chi connectivity index (χ0v) is 13.7. The molecule has 1 fully saturated rings. The molecule has 0 saturated heterocycles. The summed E-state index contributed by atoms with van der Waals surface area (Å²) in [5, 5.41) is 3.48. The third-order valence-corrected chi connectivity index (χ3v) is 4.22. The van der Waals surface area contributed by atoms with Crippen LogP contribution in [0.3, 0.4) is 0 Å². The highest BCUT2D eigenvalue weighted by Crippen LogP contribution is 2.35. The molecule has 1 heterocycles. The molecule has 0 spiro atoms. The van der Waals surface area contributed by atoms with Gasteiger partial charge in [-0.1, -0.05) is 27.0 Å². The molecule has 1 aliphatic rings. The minimum absolute atomic E-state index is 0.381. The topological polar surface area (TPSA) is 40.2 Å². The molecule has 2 rings (SSSR count). The zero-order chi connectivity index (χ0) is 15.6. The van der Waals surface area contributed by atoms with E-state index in [0.29, 0.717) is 17.9 Å². The molecule has 21 heavy (non-hydrogen) atoms. The smallest absolute Gasteiger partial charge is 0.0930 e. The first-order chi connectivity index (χ1) is 9.93. The van der Waals surface area contributed by atoms with Crippen molar-refractivity contribution in [3.8, 4) is 0 Å². The molecule has 0 amide bonds. The highest BCUT2D eigenvalue weighted by molar-refractivity contribution is 6.00. The monoisotopic (exact) mass is 285 g/mol. The first-order valence-corrected chi connectivity index (χ1v) is 7.78. The molecule has 1 saturated carbocycles. The average molecular weight is 285 g/mol. The van der Waals surface area contributed by atoms with E-state index in [-0.39, 0.29) is 0 Å². The Labute approximate surface area is 128 Å². The summed E-state index contributed by atoms with van der Waals surface area (Å²) in [7, 11) is 0. The van der Waals surface area contributed by atoms with Crippen LogP contribution < -0.4 is 5.32 Å². The molecule has 1 aromatic heterocycles. The molecule has 0 unspecified atom stereocenters. The lowest BCUT2D eigenvalue weighted by molar-refractivity contribution is 0.481. The van der Waals surface area contributed by atoms with Gasteiger partial charge in [0, 0.05) is 40.8 Å². The maximum atomic E-state index is 4.84. The van der Waals surface area contributed by atoms with E-state index in [4.69, 9.17) is 4.99 Å². The molecule has 0 aromatic carbocycles. The Kier molecular flexibility index (Phi) is 4.71. The van der Waals surface area contributed by atoms with E-state index in [0.717, 1.165) is 28.4 Å². The molecule has 1 atom stereocenters. The molecule has 2 N–H and O–H groups in total. The summed E-state index contributed by atoms with van der Waals surface area (Å²) in [6.07, 6.45) is 6.34. The van der Waals surface area contributed by atoms with Gasteiger partial charge in [-0.2, -0.15) is 0 Å². The van der Waals surface area contributed by atoms with Crippen molar-refractivity contribution in [1.29, 1.82) is 0 Å². The largest absolute Gasteiger partial charge is 0.382 e. The van der Waals surface area contributed by atoms with Crippen LogP contribution in [0.4, 0.5) is 5.69 Å². The average Bonchev–Trinajstić information content (AvgIpc) is 3.20. The summed E-state index contributed by atoms with van der Waals surface area (Å²) in [6, 6.07) is 0.381. The lowest BCUT2D eigenvalue weighted by atomic mass is 10.1. The third-order valence-electron chi connectivity index (χ3n) is 4.22. The van der Waals surface area contributed by atoms with Crippen molar-refractivity contribution < 1.29 is 0 Å². The Morgan fingerprint density at radius 3 is 2.62 bits per heavy atom. The molecule has 3 heteroatoms. The zero-order valence-electron chi connectivity index (χ0n) is 13.7. The van der Waals surface area contributed by atoms with Gasteiger partial charge in [-0.15, -0.1) is 0 Å². The Morgan fingerprint density at radius 2 is 2.10 bits per heavy atom. The van der Waals surface area contributed by atoms with E-state index in [2.05, 4.69) is 51.2 Å². The second kappa shape index (κ2) is 6.33. The van der Waals surface area contributed by atoms with Gasteiger partial charge in [0.2, 0.25) is 0 Å². The Bertz CT molecular complexity index is 559. The van der Waals surface area contributed by atoms with E-state index in [1.54, 1.807) is 0 Å². The molecule has 0 aliphatic heterocycles. The second-order valence-electron chi connectivity index (χ2n) is 6.35. The van der Waals surface area contributed by atoms with Crippen molar-refractivity contribution in [2.24, 2.45) is 16.8 Å². The number of aromatic amines is 1. The lowest BCUT2D eigenvalue weighted by Gasteiger charge is -2.20. The fraction of sp³-hybridized carbons (Fsp3) is 0.500. The maximum Gasteiger partial charge on any atom is 0.0930 e. The number of hydrogen-bond acceptors (Lipinski definition) is 2. The Hall–Kier alpha value is -1.77. The van der Waals surface area contributed by atoms with E-state index in [1.165, 1.54) is 12.8 Å². The fourth-order valence-corrected chi connectivity index (χ4v) is 2.22. The molecular weight excluding hydrogens is 258 g/mol. The number of rotatable bonds is 7. The predicted molar refractivity (Wildman–Crippen MR) is 92.0 cm³/mol. The maximum absolute atomic E-state index is 4.84. The van der Waals surface area contributed by atoms with Crippen LogP contribution in [0.15, 0.2) is 30.4 Å². The van der Waals surface area contributed by atoms with Gasteiger partial charge in [0.15, 0.2) is 0 Å². The van der Waals surface area contributed by atoms with Crippen LogP contribution in [0.2, 0.25) is 0 Å². The van der Waals surface area contributed by atoms with E-state index >= 15 is 0 Å². The summed E-state index contributed by atoms with van der Waals surface area (Å²) < 4.78 is 0. The molecule has 0 bridgehead atoms. The van der Waals surface area contributed by atoms with Gasteiger partial charge in [0.05, 0.1) is 5.69 Å². The van der Waals surface area contributed by atoms with Crippen molar-refractivity contribution in [2.75, 3.05) is 0 Å². The molecule has 0 radical (unpaired) electrons. The number of allylic oxidation sites excluding steroid dienone is 1. The van der Waals surface area contributed by atoms with Crippen LogP contribution >= 0.6 is 0 Å². The summed E-state index contributed by atoms with van der Waals surface area (Å²) in [6.45, 7) is 16.7. The first kappa shape index (κ1) is 15.6. The Morgan fingerprint density at radius 1 is 1.43 bits per heavy atom. The SMILES string of the molecule is C=CC(=Nc1c(C(=C)N[C@@H](C)C(C)C)c[nH]c1C)C1CC1. The summed E-state index contributed by atoms with van der Waals surface area (Å²) >= 11 is 0. The van der Waals surface area contributed by atoms with Crippen molar-refractivity contribution >= 4 is 17.1 Å². The van der Waals surface area contributed by atoms with E-state index in [9.17, 15) is 0 Å². The minimum atomic E-state index is 0.381. The van der Waals surface area contributed by atoms with Crippen molar-refractivity contribution in [3.05, 3.63) is 36.7 Å². The van der Waals surface area contributed by atoms with Crippen molar-refractivity contribution in [1.82, 2.24) is 10.3 Å². The van der Waals surface area contributed by atoms with Gasteiger partial charge in [-0.25, -0.2) is 0 Å². The van der Waals surface area contributed by atoms with Crippen LogP contribution in [0.5, 0.6) is 0 Å². The summed E-state index contributed by atoms with van der Waals surface area (Å²) in [5.74, 6) is 1.16. The van der Waals surface area contributed by atoms with E-state index < -0.39 is 0 Å². The fourth-order valence-electron chi connectivity index (χ4n) is 2.22. The number of H-pyrrole nitrogens is 1. The first-order valence-electron chi connectivity index (χ1n) is 7.78. The highest BCUT2D eigenvalue weighted by atomic mass is 14.9. The summed E-state index contributed by atoms with van der Waals surface area (Å²) in [5.41, 5.74) is 5.15. The number of aromatic nitrogens is 1. The number of aliphatic imine (C=N–C) groups is 1.